The van der Waals surface area contributed by atoms with E-state index in [9.17, 15) is 8.42 Å². The molecule has 2 rings (SSSR count). The largest absolute Gasteiger partial charge is 0.399 e. The molecule has 5 heteroatoms. The van der Waals surface area contributed by atoms with Crippen molar-refractivity contribution in [1.29, 1.82) is 0 Å². The van der Waals surface area contributed by atoms with Gasteiger partial charge in [-0.15, -0.1) is 0 Å². The van der Waals surface area contributed by atoms with E-state index < -0.39 is 10.0 Å². The van der Waals surface area contributed by atoms with Gasteiger partial charge >= 0.3 is 0 Å². The lowest BCUT2D eigenvalue weighted by Gasteiger charge is -2.33. The third-order valence-electron chi connectivity index (χ3n) is 4.44. The third kappa shape index (κ3) is 3.15. The summed E-state index contributed by atoms with van der Waals surface area (Å²) in [6.45, 7) is 2.21. The topological polar surface area (TPSA) is 63.4 Å². The van der Waals surface area contributed by atoms with Crippen molar-refractivity contribution >= 4 is 15.7 Å². The molecule has 20 heavy (non-hydrogen) atoms. The summed E-state index contributed by atoms with van der Waals surface area (Å²) in [5.74, 6) is 0.759. The lowest BCUT2D eigenvalue weighted by Crippen LogP contribution is -2.39. The van der Waals surface area contributed by atoms with Gasteiger partial charge < -0.3 is 5.73 Å². The van der Waals surface area contributed by atoms with Crippen LogP contribution in [0.25, 0.3) is 0 Å². The average Bonchev–Trinajstić information content (AvgIpc) is 2.46. The molecular formula is C15H24N2O2S. The first-order valence-corrected chi connectivity index (χ1v) is 8.72. The molecule has 1 aliphatic rings. The lowest BCUT2D eigenvalue weighted by molar-refractivity contribution is 0.233. The van der Waals surface area contributed by atoms with E-state index in [0.717, 1.165) is 31.6 Å². The number of benzene rings is 1. The Balaban J connectivity index is 2.14. The van der Waals surface area contributed by atoms with Gasteiger partial charge in [0.25, 0.3) is 0 Å². The second-order valence-electron chi connectivity index (χ2n) is 5.68. The van der Waals surface area contributed by atoms with E-state index in [1.807, 2.05) is 0 Å². The van der Waals surface area contributed by atoms with Crippen LogP contribution < -0.4 is 5.73 Å². The molecule has 4 nitrogen and oxygen atoms in total. The average molecular weight is 296 g/mol. The van der Waals surface area contributed by atoms with Crippen LogP contribution in [0.2, 0.25) is 0 Å². The minimum Gasteiger partial charge on any atom is -0.399 e. The summed E-state index contributed by atoms with van der Waals surface area (Å²) in [5.41, 5.74) is 6.17. The Hall–Kier alpha value is -1.07. The molecule has 112 valence electrons. The van der Waals surface area contributed by atoms with Gasteiger partial charge in [-0.2, -0.15) is 4.31 Å². The molecule has 0 amide bonds. The van der Waals surface area contributed by atoms with Crippen molar-refractivity contribution in [1.82, 2.24) is 4.31 Å². The summed E-state index contributed by atoms with van der Waals surface area (Å²) in [5, 5.41) is 0. The summed E-state index contributed by atoms with van der Waals surface area (Å²) in [7, 11) is -1.74. The Kier molecular flexibility index (Phi) is 4.70. The van der Waals surface area contributed by atoms with Gasteiger partial charge in [0.15, 0.2) is 0 Å². The minimum absolute atomic E-state index is 0.115. The Bertz CT molecular complexity index is 549. The lowest BCUT2D eigenvalue weighted by atomic mass is 9.85. The van der Waals surface area contributed by atoms with Crippen LogP contribution >= 0.6 is 0 Å². The van der Waals surface area contributed by atoms with Gasteiger partial charge in [-0.1, -0.05) is 19.4 Å². The summed E-state index contributed by atoms with van der Waals surface area (Å²) >= 11 is 0. The molecule has 0 spiro atoms. The zero-order valence-electron chi connectivity index (χ0n) is 12.2. The van der Waals surface area contributed by atoms with Crippen molar-refractivity contribution in [3.05, 3.63) is 24.3 Å². The normalized spacial score (nSPS) is 23.9. The molecule has 1 fully saturated rings. The molecular weight excluding hydrogens is 272 g/mol. The molecule has 1 aromatic carbocycles. The summed E-state index contributed by atoms with van der Waals surface area (Å²) in [4.78, 5) is 0.289. The molecule has 0 radical (unpaired) electrons. The van der Waals surface area contributed by atoms with E-state index >= 15 is 0 Å². The number of sulfonamides is 1. The first-order chi connectivity index (χ1) is 9.45. The zero-order chi connectivity index (χ0) is 14.8. The van der Waals surface area contributed by atoms with Crippen LogP contribution in [-0.4, -0.2) is 25.8 Å². The van der Waals surface area contributed by atoms with Crippen molar-refractivity contribution in [3.63, 3.8) is 0 Å². The van der Waals surface area contributed by atoms with E-state index in [4.69, 9.17) is 5.73 Å². The second-order valence-corrected chi connectivity index (χ2v) is 7.67. The molecule has 0 saturated heterocycles. The smallest absolute Gasteiger partial charge is 0.243 e. The van der Waals surface area contributed by atoms with Crippen molar-refractivity contribution in [2.75, 3.05) is 12.8 Å². The molecule has 0 aliphatic heterocycles. The Morgan fingerprint density at radius 1 is 1.25 bits per heavy atom. The number of nitrogen functional groups attached to an aromatic ring is 1. The summed E-state index contributed by atoms with van der Waals surface area (Å²) < 4.78 is 26.7. The number of hydrogen-bond donors (Lipinski definition) is 1. The number of rotatable bonds is 4. The highest BCUT2D eigenvalue weighted by Crippen LogP contribution is 2.31. The highest BCUT2D eigenvalue weighted by atomic mass is 32.2. The number of anilines is 1. The minimum atomic E-state index is -3.43. The Morgan fingerprint density at radius 3 is 2.45 bits per heavy atom. The SMILES string of the molecule is CCC1CCC(N(C)S(=O)(=O)c2cccc(N)c2)CC1. The first-order valence-electron chi connectivity index (χ1n) is 7.28. The highest BCUT2D eigenvalue weighted by molar-refractivity contribution is 7.89. The van der Waals surface area contributed by atoms with Crippen LogP contribution in [0.5, 0.6) is 0 Å². The Labute approximate surface area is 122 Å². The number of nitrogens with zero attached hydrogens (tertiary/aromatic N) is 1. The van der Waals surface area contributed by atoms with E-state index in [-0.39, 0.29) is 10.9 Å². The van der Waals surface area contributed by atoms with Crippen molar-refractivity contribution in [3.8, 4) is 0 Å². The van der Waals surface area contributed by atoms with Gasteiger partial charge in [0.2, 0.25) is 10.0 Å². The fourth-order valence-corrected chi connectivity index (χ4v) is 4.43. The molecule has 2 N–H and O–H groups in total. The maximum absolute atomic E-state index is 12.6. The van der Waals surface area contributed by atoms with Crippen LogP contribution in [-0.2, 0) is 10.0 Å². The van der Waals surface area contributed by atoms with Gasteiger partial charge in [-0.05, 0) is 49.8 Å². The van der Waals surface area contributed by atoms with Crippen LogP contribution in [0, 0.1) is 5.92 Å². The molecule has 0 unspecified atom stereocenters. The molecule has 1 saturated carbocycles. The summed E-state index contributed by atoms with van der Waals surface area (Å²) in [6, 6.07) is 6.64. The monoisotopic (exact) mass is 296 g/mol. The van der Waals surface area contributed by atoms with E-state index in [1.54, 1.807) is 25.2 Å². The van der Waals surface area contributed by atoms with E-state index in [0.29, 0.717) is 5.69 Å². The molecule has 0 heterocycles. The quantitative estimate of drug-likeness (QED) is 0.869. The van der Waals surface area contributed by atoms with Crippen molar-refractivity contribution in [2.45, 2.75) is 50.0 Å². The first kappa shape index (κ1) is 15.3. The van der Waals surface area contributed by atoms with Crippen LogP contribution in [0.4, 0.5) is 5.69 Å². The summed E-state index contributed by atoms with van der Waals surface area (Å²) in [6.07, 6.45) is 5.35. The van der Waals surface area contributed by atoms with E-state index in [2.05, 4.69) is 6.92 Å². The zero-order valence-corrected chi connectivity index (χ0v) is 13.1. The predicted molar refractivity (Wildman–Crippen MR) is 81.8 cm³/mol. The maximum atomic E-state index is 12.6. The molecule has 0 atom stereocenters. The second kappa shape index (κ2) is 6.14. The number of hydrogen-bond acceptors (Lipinski definition) is 3. The third-order valence-corrected chi connectivity index (χ3v) is 6.35. The van der Waals surface area contributed by atoms with Gasteiger partial charge in [-0.3, -0.25) is 0 Å². The molecule has 1 aliphatic carbocycles. The molecule has 0 bridgehead atoms. The predicted octanol–water partition coefficient (Wildman–Crippen LogP) is 2.86. The standard InChI is InChI=1S/C15H24N2O2S/c1-3-12-7-9-14(10-8-12)17(2)20(18,19)15-6-4-5-13(16)11-15/h4-6,11-12,14H,3,7-10,16H2,1-2H3. The Morgan fingerprint density at radius 2 is 1.90 bits per heavy atom. The maximum Gasteiger partial charge on any atom is 0.243 e. The van der Waals surface area contributed by atoms with Gasteiger partial charge in [0, 0.05) is 18.8 Å². The van der Waals surface area contributed by atoms with Gasteiger partial charge in [0.05, 0.1) is 4.90 Å². The van der Waals surface area contributed by atoms with Crippen LogP contribution in [0.1, 0.15) is 39.0 Å². The van der Waals surface area contributed by atoms with E-state index in [1.165, 1.54) is 16.8 Å². The van der Waals surface area contributed by atoms with Gasteiger partial charge in [0.1, 0.15) is 0 Å². The van der Waals surface area contributed by atoms with Gasteiger partial charge in [-0.25, -0.2) is 8.42 Å². The van der Waals surface area contributed by atoms with Crippen molar-refractivity contribution in [2.24, 2.45) is 5.92 Å². The molecule has 0 aromatic heterocycles. The van der Waals surface area contributed by atoms with Crippen molar-refractivity contribution < 1.29 is 8.42 Å². The fraction of sp³-hybridized carbons (Fsp3) is 0.600. The fourth-order valence-electron chi connectivity index (χ4n) is 2.95. The molecule has 1 aromatic rings. The van der Waals surface area contributed by atoms with Crippen LogP contribution in [0.3, 0.4) is 0 Å². The number of nitrogens with two attached hydrogens (primary N) is 1. The highest BCUT2D eigenvalue weighted by Gasteiger charge is 2.31. The van der Waals surface area contributed by atoms with Crippen LogP contribution in [0.15, 0.2) is 29.2 Å².